The largest absolute Gasteiger partial charge is 0.507 e. The zero-order valence-corrected chi connectivity index (χ0v) is 18.1. The van der Waals surface area contributed by atoms with Gasteiger partial charge in [0.2, 0.25) is 0 Å². The molecule has 1 amide bonds. The zero-order chi connectivity index (χ0) is 23.4. The molecule has 7 nitrogen and oxygen atoms in total. The van der Waals surface area contributed by atoms with Crippen molar-refractivity contribution in [1.29, 1.82) is 0 Å². The number of amides is 1. The maximum atomic E-state index is 13.4. The maximum absolute atomic E-state index is 13.4. The van der Waals surface area contributed by atoms with Crippen molar-refractivity contribution in [3.8, 4) is 5.75 Å². The Morgan fingerprint density at radius 1 is 1.15 bits per heavy atom. The molecule has 0 bridgehead atoms. The van der Waals surface area contributed by atoms with Gasteiger partial charge in [0.1, 0.15) is 17.3 Å². The number of ether oxygens (including phenoxy) is 1. The summed E-state index contributed by atoms with van der Waals surface area (Å²) in [6.07, 6.45) is 5.77. The molecule has 0 spiro atoms. The van der Waals surface area contributed by atoms with Crippen LogP contribution in [0.15, 0.2) is 72.8 Å². The summed E-state index contributed by atoms with van der Waals surface area (Å²) >= 11 is 0. The van der Waals surface area contributed by atoms with Crippen LogP contribution in [0.1, 0.15) is 30.5 Å². The second kappa shape index (κ2) is 9.68. The zero-order valence-electron chi connectivity index (χ0n) is 18.1. The van der Waals surface area contributed by atoms with Gasteiger partial charge < -0.3 is 19.3 Å². The molecule has 2 heterocycles. The van der Waals surface area contributed by atoms with Crippen molar-refractivity contribution in [2.45, 2.75) is 25.9 Å². The molecule has 1 saturated heterocycles. The van der Waals surface area contributed by atoms with E-state index in [1.807, 2.05) is 17.7 Å². The number of nitrogens with zero attached hydrogens (tertiary/aromatic N) is 3. The molecule has 2 aromatic carbocycles. The van der Waals surface area contributed by atoms with Crippen LogP contribution < -0.4 is 4.74 Å². The molecule has 1 unspecified atom stereocenters. The third-order valence-corrected chi connectivity index (χ3v) is 5.52. The van der Waals surface area contributed by atoms with E-state index in [-0.39, 0.29) is 16.9 Å². The number of benzene rings is 2. The maximum Gasteiger partial charge on any atom is 0.295 e. The molecule has 1 atom stereocenters. The summed E-state index contributed by atoms with van der Waals surface area (Å²) in [5.41, 5.74) is 0.883. The van der Waals surface area contributed by atoms with Crippen LogP contribution >= 0.6 is 0 Å². The van der Waals surface area contributed by atoms with Crippen molar-refractivity contribution >= 4 is 17.4 Å². The molecule has 1 N–H and O–H groups in total. The number of ketones is 1. The number of aliphatic hydroxyl groups excluding tert-OH is 1. The Labute approximate surface area is 190 Å². The number of carbonyl (C=O) groups is 2. The average Bonchev–Trinajstić information content (AvgIpc) is 3.42. The number of Topliss-reactive ketones (excluding diaryl/α,β-unsaturated/α-hetero) is 1. The number of aromatic nitrogens is 2. The van der Waals surface area contributed by atoms with E-state index >= 15 is 0 Å². The monoisotopic (exact) mass is 449 g/mol. The lowest BCUT2D eigenvalue weighted by Crippen LogP contribution is -2.31. The van der Waals surface area contributed by atoms with Crippen molar-refractivity contribution in [2.24, 2.45) is 0 Å². The van der Waals surface area contributed by atoms with Gasteiger partial charge in [-0.15, -0.1) is 0 Å². The molecule has 1 aliphatic heterocycles. The lowest BCUT2D eigenvalue weighted by Gasteiger charge is -2.25. The Bertz CT molecular complexity index is 1170. The molecule has 1 aliphatic rings. The third kappa shape index (κ3) is 4.64. The molecular weight excluding hydrogens is 425 g/mol. The predicted molar refractivity (Wildman–Crippen MR) is 120 cm³/mol. The lowest BCUT2D eigenvalue weighted by molar-refractivity contribution is -0.139. The van der Waals surface area contributed by atoms with Crippen LogP contribution in [-0.4, -0.2) is 44.4 Å². The van der Waals surface area contributed by atoms with Crippen molar-refractivity contribution in [2.75, 3.05) is 13.2 Å². The van der Waals surface area contributed by atoms with Crippen molar-refractivity contribution in [3.05, 3.63) is 89.8 Å². The van der Waals surface area contributed by atoms with Gasteiger partial charge in [-0.3, -0.25) is 9.59 Å². The Kier molecular flexibility index (Phi) is 6.53. The Morgan fingerprint density at radius 3 is 2.64 bits per heavy atom. The number of carbonyl (C=O) groups excluding carboxylic acids is 2. The summed E-state index contributed by atoms with van der Waals surface area (Å²) in [7, 11) is 0. The molecule has 1 aromatic heterocycles. The SMILES string of the molecule is CCOc1cccc(C2/C(=C(\O)c3ccc(F)cc3)C(=O)C(=O)N2CCCn2ccnc2)c1. The first-order valence-electron chi connectivity index (χ1n) is 10.7. The van der Waals surface area contributed by atoms with Crippen LogP contribution in [-0.2, 0) is 16.1 Å². The highest BCUT2D eigenvalue weighted by molar-refractivity contribution is 6.46. The normalized spacial score (nSPS) is 17.5. The van der Waals surface area contributed by atoms with E-state index in [1.54, 1.807) is 36.8 Å². The topological polar surface area (TPSA) is 84.7 Å². The summed E-state index contributed by atoms with van der Waals surface area (Å²) in [6, 6.07) is 11.5. The summed E-state index contributed by atoms with van der Waals surface area (Å²) in [6.45, 7) is 3.24. The van der Waals surface area contributed by atoms with E-state index in [0.29, 0.717) is 37.4 Å². The smallest absolute Gasteiger partial charge is 0.295 e. The summed E-state index contributed by atoms with van der Waals surface area (Å²) in [5, 5.41) is 11.0. The molecule has 4 rings (SSSR count). The molecule has 170 valence electrons. The van der Waals surface area contributed by atoms with Gasteiger partial charge >= 0.3 is 0 Å². The van der Waals surface area contributed by atoms with E-state index < -0.39 is 23.5 Å². The standard InChI is InChI=1S/C25H24FN3O4/c1-2-33-20-6-3-5-18(15-20)22-21(23(30)17-7-9-19(26)10-8-17)24(31)25(32)29(22)13-4-12-28-14-11-27-16-28/h3,5-11,14-16,22,30H,2,4,12-13H2,1H3/b23-21+. The fraction of sp³-hybridized carbons (Fsp3) is 0.240. The van der Waals surface area contributed by atoms with Gasteiger partial charge in [0.25, 0.3) is 11.7 Å². The first-order valence-corrected chi connectivity index (χ1v) is 10.7. The van der Waals surface area contributed by atoms with Gasteiger partial charge in [-0.05, 0) is 55.3 Å². The predicted octanol–water partition coefficient (Wildman–Crippen LogP) is 3.93. The molecular formula is C25H24FN3O4. The summed E-state index contributed by atoms with van der Waals surface area (Å²) in [5.74, 6) is -1.66. The first kappa shape index (κ1) is 22.3. The fourth-order valence-electron chi connectivity index (χ4n) is 4.00. The number of hydrogen-bond acceptors (Lipinski definition) is 5. The Hall–Kier alpha value is -3.94. The Morgan fingerprint density at radius 2 is 1.94 bits per heavy atom. The Balaban J connectivity index is 1.74. The van der Waals surface area contributed by atoms with Crippen LogP contribution in [0.5, 0.6) is 5.75 Å². The van der Waals surface area contributed by atoms with Crippen LogP contribution in [0.2, 0.25) is 0 Å². The number of rotatable bonds is 8. The lowest BCUT2D eigenvalue weighted by atomic mass is 9.95. The summed E-state index contributed by atoms with van der Waals surface area (Å²) < 4.78 is 20.9. The van der Waals surface area contributed by atoms with Crippen LogP contribution in [0.4, 0.5) is 4.39 Å². The van der Waals surface area contributed by atoms with E-state index in [0.717, 1.165) is 0 Å². The summed E-state index contributed by atoms with van der Waals surface area (Å²) in [4.78, 5) is 31.6. The van der Waals surface area contributed by atoms with Gasteiger partial charge in [-0.25, -0.2) is 9.37 Å². The number of hydrogen-bond donors (Lipinski definition) is 1. The molecule has 1 fully saturated rings. The fourth-order valence-corrected chi connectivity index (χ4v) is 4.00. The van der Waals surface area contributed by atoms with Gasteiger partial charge in [-0.2, -0.15) is 0 Å². The first-order chi connectivity index (χ1) is 16.0. The molecule has 0 aliphatic carbocycles. The minimum absolute atomic E-state index is 0.0251. The average molecular weight is 449 g/mol. The van der Waals surface area contributed by atoms with Gasteiger partial charge in [0.15, 0.2) is 0 Å². The van der Waals surface area contributed by atoms with Crippen molar-refractivity contribution in [1.82, 2.24) is 14.5 Å². The molecule has 0 radical (unpaired) electrons. The van der Waals surface area contributed by atoms with E-state index in [4.69, 9.17) is 4.74 Å². The number of likely N-dealkylation sites (tertiary alicyclic amines) is 1. The molecule has 8 heteroatoms. The molecule has 3 aromatic rings. The van der Waals surface area contributed by atoms with Gasteiger partial charge in [0.05, 0.1) is 24.5 Å². The highest BCUT2D eigenvalue weighted by atomic mass is 19.1. The van der Waals surface area contributed by atoms with E-state index in [9.17, 15) is 19.1 Å². The van der Waals surface area contributed by atoms with Crippen LogP contribution in [0.3, 0.4) is 0 Å². The number of aliphatic hydroxyl groups is 1. The number of halogens is 1. The quantitative estimate of drug-likeness (QED) is 0.320. The van der Waals surface area contributed by atoms with Crippen LogP contribution in [0.25, 0.3) is 5.76 Å². The number of aryl methyl sites for hydroxylation is 1. The highest BCUT2D eigenvalue weighted by Gasteiger charge is 2.45. The van der Waals surface area contributed by atoms with Crippen LogP contribution in [0, 0.1) is 5.82 Å². The second-order valence-electron chi connectivity index (χ2n) is 7.66. The van der Waals surface area contributed by atoms with Crippen molar-refractivity contribution in [3.63, 3.8) is 0 Å². The minimum Gasteiger partial charge on any atom is -0.507 e. The van der Waals surface area contributed by atoms with E-state index in [2.05, 4.69) is 4.98 Å². The second-order valence-corrected chi connectivity index (χ2v) is 7.66. The third-order valence-electron chi connectivity index (χ3n) is 5.52. The number of imidazole rings is 1. The highest BCUT2D eigenvalue weighted by Crippen LogP contribution is 2.40. The van der Waals surface area contributed by atoms with Gasteiger partial charge in [-0.1, -0.05) is 12.1 Å². The molecule has 0 saturated carbocycles. The van der Waals surface area contributed by atoms with E-state index in [1.165, 1.54) is 29.2 Å². The van der Waals surface area contributed by atoms with Crippen molar-refractivity contribution < 1.29 is 23.8 Å². The van der Waals surface area contributed by atoms with Gasteiger partial charge in [0, 0.05) is 31.0 Å². The minimum atomic E-state index is -0.793. The molecule has 33 heavy (non-hydrogen) atoms.